The fourth-order valence-corrected chi connectivity index (χ4v) is 2.79. The normalized spacial score (nSPS) is 23.5. The first-order valence-electron chi connectivity index (χ1n) is 7.73. The Kier molecular flexibility index (Phi) is 4.58. The maximum Gasteiger partial charge on any atom is 0.260 e. The van der Waals surface area contributed by atoms with Gasteiger partial charge in [-0.15, -0.1) is 0 Å². The zero-order valence-electron chi connectivity index (χ0n) is 12.9. The van der Waals surface area contributed by atoms with E-state index in [0.29, 0.717) is 49.6 Å². The molecule has 7 heteroatoms. The highest BCUT2D eigenvalue weighted by Crippen LogP contribution is 2.35. The molecule has 126 valence electrons. The fraction of sp³-hybridized carbons (Fsp3) is 0.562. The lowest BCUT2D eigenvalue weighted by Crippen LogP contribution is -2.38. The summed E-state index contributed by atoms with van der Waals surface area (Å²) in [4.78, 5) is 13.9. The number of likely N-dealkylation sites (tertiary alicyclic amines) is 1. The molecule has 7 nitrogen and oxygen atoms in total. The van der Waals surface area contributed by atoms with Gasteiger partial charge in [0.1, 0.15) is 5.75 Å². The van der Waals surface area contributed by atoms with Crippen LogP contribution in [0, 0.1) is 0 Å². The Labute approximate surface area is 134 Å². The van der Waals surface area contributed by atoms with Crippen molar-refractivity contribution in [2.75, 3.05) is 33.1 Å². The third kappa shape index (κ3) is 3.68. The summed E-state index contributed by atoms with van der Waals surface area (Å²) >= 11 is 0. The minimum Gasteiger partial charge on any atom is -0.484 e. The number of aliphatic hydroxyl groups is 2. The number of benzene rings is 1. The minimum atomic E-state index is -1.08. The number of ether oxygens (including phenoxy) is 3. The second-order valence-corrected chi connectivity index (χ2v) is 5.92. The summed E-state index contributed by atoms with van der Waals surface area (Å²) in [6.07, 6.45) is 1.53. The van der Waals surface area contributed by atoms with E-state index in [9.17, 15) is 15.0 Å². The topological polar surface area (TPSA) is 88.5 Å². The van der Waals surface area contributed by atoms with Gasteiger partial charge in [0.25, 0.3) is 5.91 Å². The first kappa shape index (κ1) is 15.9. The highest BCUT2D eigenvalue weighted by Gasteiger charge is 2.30. The predicted molar refractivity (Wildman–Crippen MR) is 80.5 cm³/mol. The number of fused-ring (bicyclic) bond motifs is 1. The average Bonchev–Trinajstić information content (AvgIpc) is 2.94. The number of hydrogen-bond acceptors (Lipinski definition) is 6. The van der Waals surface area contributed by atoms with E-state index < -0.39 is 5.60 Å². The third-order valence-corrected chi connectivity index (χ3v) is 4.27. The monoisotopic (exact) mass is 323 g/mol. The summed E-state index contributed by atoms with van der Waals surface area (Å²) in [5, 5.41) is 19.3. The third-order valence-electron chi connectivity index (χ3n) is 4.27. The summed E-state index contributed by atoms with van der Waals surface area (Å²) < 4.78 is 16.0. The van der Waals surface area contributed by atoms with Crippen LogP contribution in [0.5, 0.6) is 17.2 Å². The van der Waals surface area contributed by atoms with Gasteiger partial charge in [-0.2, -0.15) is 0 Å². The van der Waals surface area contributed by atoms with E-state index >= 15 is 0 Å². The quantitative estimate of drug-likeness (QED) is 0.840. The zero-order valence-corrected chi connectivity index (χ0v) is 12.9. The lowest BCUT2D eigenvalue weighted by atomic mass is 9.96. The maximum absolute atomic E-state index is 12.3. The van der Waals surface area contributed by atoms with Crippen molar-refractivity contribution < 1.29 is 29.2 Å². The Balaban J connectivity index is 1.53. The molecule has 23 heavy (non-hydrogen) atoms. The van der Waals surface area contributed by atoms with E-state index in [-0.39, 0.29) is 25.9 Å². The van der Waals surface area contributed by atoms with Crippen molar-refractivity contribution >= 4 is 5.91 Å². The number of aliphatic hydroxyl groups excluding tert-OH is 1. The smallest absolute Gasteiger partial charge is 0.260 e. The molecule has 2 aliphatic rings. The van der Waals surface area contributed by atoms with Crippen molar-refractivity contribution in [1.29, 1.82) is 0 Å². The summed E-state index contributed by atoms with van der Waals surface area (Å²) in [5.74, 6) is 1.69. The molecule has 0 unspecified atom stereocenters. The van der Waals surface area contributed by atoms with Crippen LogP contribution in [0.2, 0.25) is 0 Å². The van der Waals surface area contributed by atoms with Gasteiger partial charge < -0.3 is 29.3 Å². The second-order valence-electron chi connectivity index (χ2n) is 5.92. The van der Waals surface area contributed by atoms with Crippen LogP contribution in [-0.4, -0.2) is 59.7 Å². The minimum absolute atomic E-state index is 0.0722. The molecule has 1 atom stereocenters. The molecule has 0 aliphatic carbocycles. The van der Waals surface area contributed by atoms with Gasteiger partial charge in [0.2, 0.25) is 6.79 Å². The van der Waals surface area contributed by atoms with E-state index in [0.717, 1.165) is 0 Å². The van der Waals surface area contributed by atoms with Crippen LogP contribution in [0.3, 0.4) is 0 Å². The van der Waals surface area contributed by atoms with Gasteiger partial charge in [-0.05, 0) is 31.4 Å². The lowest BCUT2D eigenvalue weighted by molar-refractivity contribution is -0.133. The maximum atomic E-state index is 12.3. The van der Waals surface area contributed by atoms with E-state index in [1.54, 1.807) is 23.1 Å². The fourth-order valence-electron chi connectivity index (χ4n) is 2.79. The Hall–Kier alpha value is -1.99. The van der Waals surface area contributed by atoms with Gasteiger partial charge in [0.05, 0.1) is 12.2 Å². The van der Waals surface area contributed by atoms with Gasteiger partial charge in [-0.1, -0.05) is 0 Å². The van der Waals surface area contributed by atoms with Crippen molar-refractivity contribution in [3.8, 4) is 17.2 Å². The predicted octanol–water partition coefficient (Wildman–Crippen LogP) is 0.530. The van der Waals surface area contributed by atoms with Crippen molar-refractivity contribution in [2.45, 2.75) is 24.9 Å². The molecule has 2 heterocycles. The van der Waals surface area contributed by atoms with Crippen LogP contribution >= 0.6 is 0 Å². The van der Waals surface area contributed by atoms with Gasteiger partial charge in [-0.3, -0.25) is 4.79 Å². The van der Waals surface area contributed by atoms with E-state index in [1.807, 2.05) is 0 Å². The molecule has 1 aromatic rings. The number of rotatable bonds is 4. The molecular weight excluding hydrogens is 302 g/mol. The van der Waals surface area contributed by atoms with Crippen molar-refractivity contribution in [3.63, 3.8) is 0 Å². The molecule has 0 aromatic heterocycles. The first-order chi connectivity index (χ1) is 11.1. The molecule has 1 aromatic carbocycles. The Morgan fingerprint density at radius 3 is 2.91 bits per heavy atom. The van der Waals surface area contributed by atoms with E-state index in [4.69, 9.17) is 14.2 Å². The van der Waals surface area contributed by atoms with E-state index in [1.165, 1.54) is 0 Å². The SMILES string of the molecule is O=C(COc1ccc2c(c1)OCO2)N1CCC[C@@](O)(CO)CC1. The van der Waals surface area contributed by atoms with Crippen molar-refractivity contribution in [3.05, 3.63) is 18.2 Å². The molecule has 2 N–H and O–H groups in total. The largest absolute Gasteiger partial charge is 0.484 e. The van der Waals surface area contributed by atoms with Crippen LogP contribution in [0.25, 0.3) is 0 Å². The molecule has 0 saturated carbocycles. The Morgan fingerprint density at radius 1 is 1.26 bits per heavy atom. The average molecular weight is 323 g/mol. The summed E-state index contributed by atoms with van der Waals surface area (Å²) in [7, 11) is 0. The van der Waals surface area contributed by atoms with Crippen LogP contribution in [0.15, 0.2) is 18.2 Å². The Bertz CT molecular complexity index is 578. The summed E-state index contributed by atoms with van der Waals surface area (Å²) in [6.45, 7) is 0.825. The summed E-state index contributed by atoms with van der Waals surface area (Å²) in [5.41, 5.74) is -1.08. The highest BCUT2D eigenvalue weighted by atomic mass is 16.7. The second kappa shape index (κ2) is 6.64. The number of amides is 1. The van der Waals surface area contributed by atoms with Gasteiger partial charge in [0, 0.05) is 19.2 Å². The highest BCUT2D eigenvalue weighted by molar-refractivity contribution is 5.77. The van der Waals surface area contributed by atoms with Crippen molar-refractivity contribution in [2.24, 2.45) is 0 Å². The van der Waals surface area contributed by atoms with E-state index in [2.05, 4.69) is 0 Å². The van der Waals surface area contributed by atoms with Crippen LogP contribution < -0.4 is 14.2 Å². The molecule has 1 fully saturated rings. The molecule has 2 aliphatic heterocycles. The molecule has 0 radical (unpaired) electrons. The van der Waals surface area contributed by atoms with Gasteiger partial charge in [-0.25, -0.2) is 0 Å². The number of nitrogens with zero attached hydrogens (tertiary/aromatic N) is 1. The molecule has 3 rings (SSSR count). The van der Waals surface area contributed by atoms with Crippen LogP contribution in [0.1, 0.15) is 19.3 Å². The number of hydrogen-bond donors (Lipinski definition) is 2. The number of carbonyl (C=O) groups excluding carboxylic acids is 1. The molecule has 0 spiro atoms. The van der Waals surface area contributed by atoms with Gasteiger partial charge >= 0.3 is 0 Å². The standard InChI is InChI=1S/C16H21NO6/c18-10-16(20)4-1-6-17(7-5-16)15(19)9-21-12-2-3-13-14(8-12)23-11-22-13/h2-3,8,18,20H,1,4-7,9-11H2/t16-/m0/s1. The molecule has 0 bridgehead atoms. The zero-order chi connectivity index (χ0) is 16.3. The number of carbonyl (C=O) groups is 1. The summed E-state index contributed by atoms with van der Waals surface area (Å²) in [6, 6.07) is 5.17. The lowest BCUT2D eigenvalue weighted by Gasteiger charge is -2.24. The molecular formula is C16H21NO6. The molecule has 1 saturated heterocycles. The van der Waals surface area contributed by atoms with Crippen LogP contribution in [0.4, 0.5) is 0 Å². The first-order valence-corrected chi connectivity index (χ1v) is 7.73. The van der Waals surface area contributed by atoms with Crippen LogP contribution in [-0.2, 0) is 4.79 Å². The molecule has 1 amide bonds. The Morgan fingerprint density at radius 2 is 2.09 bits per heavy atom. The van der Waals surface area contributed by atoms with Crippen molar-refractivity contribution in [1.82, 2.24) is 4.90 Å². The van der Waals surface area contributed by atoms with Gasteiger partial charge in [0.15, 0.2) is 18.1 Å².